The van der Waals surface area contributed by atoms with E-state index in [0.717, 1.165) is 5.56 Å². The molecule has 0 fully saturated rings. The van der Waals surface area contributed by atoms with Crippen molar-refractivity contribution in [3.63, 3.8) is 0 Å². The average Bonchev–Trinajstić information content (AvgIpc) is 2.26. The monoisotopic (exact) mass is 230 g/mol. The fraction of sp³-hybridized carbons (Fsp3) is 0.300. The number of rotatable bonds is 4. The van der Waals surface area contributed by atoms with Crippen molar-refractivity contribution in [3.8, 4) is 0 Å². The first-order valence-electron chi connectivity index (χ1n) is 4.45. The molecular weight excluding hydrogens is 216 g/mol. The zero-order valence-corrected chi connectivity index (χ0v) is 9.04. The zero-order valence-electron chi connectivity index (χ0n) is 8.22. The third kappa shape index (κ3) is 4.29. The lowest BCUT2D eigenvalue weighted by atomic mass is 10.1. The van der Waals surface area contributed by atoms with Crippen LogP contribution in [0.1, 0.15) is 11.6 Å². The summed E-state index contributed by atoms with van der Waals surface area (Å²) in [6.07, 6.45) is 0. The van der Waals surface area contributed by atoms with Gasteiger partial charge in [0.15, 0.2) is 0 Å². The lowest BCUT2D eigenvalue weighted by Crippen LogP contribution is -2.35. The summed E-state index contributed by atoms with van der Waals surface area (Å²) < 4.78 is 0. The molecule has 0 saturated carbocycles. The van der Waals surface area contributed by atoms with Crippen molar-refractivity contribution < 1.29 is 9.90 Å². The molecule has 4 nitrogen and oxygen atoms in total. The van der Waals surface area contributed by atoms with Crippen molar-refractivity contribution in [2.45, 2.75) is 6.04 Å². The Balaban J connectivity index is 0.00000196. The highest BCUT2D eigenvalue weighted by Gasteiger charge is 2.13. The van der Waals surface area contributed by atoms with Crippen molar-refractivity contribution in [1.29, 1.82) is 0 Å². The number of amides is 1. The largest absolute Gasteiger partial charge is 0.395 e. The molecule has 1 aromatic rings. The molecule has 0 spiro atoms. The molecule has 0 heterocycles. The third-order valence-electron chi connectivity index (χ3n) is 1.85. The molecule has 0 saturated heterocycles. The van der Waals surface area contributed by atoms with Crippen LogP contribution in [0.5, 0.6) is 0 Å². The van der Waals surface area contributed by atoms with Crippen molar-refractivity contribution >= 4 is 18.3 Å². The fourth-order valence-corrected chi connectivity index (χ4v) is 1.10. The molecule has 0 aliphatic rings. The van der Waals surface area contributed by atoms with Crippen LogP contribution in [0, 0.1) is 0 Å². The van der Waals surface area contributed by atoms with Gasteiger partial charge in [0.2, 0.25) is 5.91 Å². The summed E-state index contributed by atoms with van der Waals surface area (Å²) in [5.41, 5.74) is 6.45. The Kier molecular flexibility index (Phi) is 6.70. The maximum atomic E-state index is 11.4. The number of benzene rings is 1. The van der Waals surface area contributed by atoms with Gasteiger partial charge in [-0.1, -0.05) is 30.3 Å². The second-order valence-electron chi connectivity index (χ2n) is 2.90. The summed E-state index contributed by atoms with van der Waals surface area (Å²) >= 11 is 0. The standard InChI is InChI=1S/C10H14N2O2.ClH/c11-9(10(14)12-6-7-13)8-4-2-1-3-5-8;/h1-5,9,13H,6-7,11H2,(H,12,14);1H/t9-;/m0./s1. The maximum absolute atomic E-state index is 11.4. The molecule has 0 aromatic heterocycles. The summed E-state index contributed by atoms with van der Waals surface area (Å²) in [6, 6.07) is 8.44. The van der Waals surface area contributed by atoms with Crippen molar-refractivity contribution in [2.24, 2.45) is 5.73 Å². The quantitative estimate of drug-likeness (QED) is 0.693. The molecule has 1 amide bonds. The Hall–Kier alpha value is -1.10. The lowest BCUT2D eigenvalue weighted by molar-refractivity contribution is -0.122. The molecule has 1 atom stereocenters. The predicted molar refractivity (Wildman–Crippen MR) is 60.7 cm³/mol. The van der Waals surface area contributed by atoms with Gasteiger partial charge < -0.3 is 16.2 Å². The number of carbonyl (C=O) groups excluding carboxylic acids is 1. The topological polar surface area (TPSA) is 75.4 Å². The van der Waals surface area contributed by atoms with E-state index in [0.29, 0.717) is 0 Å². The van der Waals surface area contributed by atoms with Crippen LogP contribution in [0.2, 0.25) is 0 Å². The Morgan fingerprint density at radius 2 is 2.00 bits per heavy atom. The van der Waals surface area contributed by atoms with Crippen LogP contribution in [0.3, 0.4) is 0 Å². The first-order chi connectivity index (χ1) is 6.75. The molecule has 1 aromatic carbocycles. The number of halogens is 1. The molecule has 0 unspecified atom stereocenters. The van der Waals surface area contributed by atoms with E-state index in [2.05, 4.69) is 5.32 Å². The smallest absolute Gasteiger partial charge is 0.241 e. The van der Waals surface area contributed by atoms with Crippen LogP contribution in [-0.2, 0) is 4.79 Å². The molecule has 0 bridgehead atoms. The van der Waals surface area contributed by atoms with E-state index in [1.165, 1.54) is 0 Å². The molecule has 0 aliphatic carbocycles. The molecule has 5 heteroatoms. The van der Waals surface area contributed by atoms with Crippen LogP contribution in [0.4, 0.5) is 0 Å². The Morgan fingerprint density at radius 3 is 2.53 bits per heavy atom. The zero-order chi connectivity index (χ0) is 10.4. The molecule has 4 N–H and O–H groups in total. The van der Waals surface area contributed by atoms with Crippen LogP contribution in [0.25, 0.3) is 0 Å². The van der Waals surface area contributed by atoms with E-state index < -0.39 is 6.04 Å². The predicted octanol–water partition coefficient (Wildman–Crippen LogP) is 0.217. The SMILES string of the molecule is Cl.N[C@H](C(=O)NCCO)c1ccccc1. The molecule has 0 radical (unpaired) electrons. The van der Waals surface area contributed by atoms with Gasteiger partial charge in [-0.2, -0.15) is 0 Å². The minimum atomic E-state index is -0.664. The fourth-order valence-electron chi connectivity index (χ4n) is 1.10. The summed E-state index contributed by atoms with van der Waals surface area (Å²) in [5.74, 6) is -0.273. The number of hydrogen-bond donors (Lipinski definition) is 3. The number of aliphatic hydroxyl groups excluding tert-OH is 1. The molecule has 1 rings (SSSR count). The summed E-state index contributed by atoms with van der Waals surface area (Å²) in [7, 11) is 0. The van der Waals surface area contributed by atoms with Gasteiger partial charge in [0.1, 0.15) is 6.04 Å². The lowest BCUT2D eigenvalue weighted by Gasteiger charge is -2.11. The van der Waals surface area contributed by atoms with Gasteiger partial charge in [-0.15, -0.1) is 12.4 Å². The van der Waals surface area contributed by atoms with Crippen LogP contribution in [0.15, 0.2) is 30.3 Å². The van der Waals surface area contributed by atoms with E-state index in [1.807, 2.05) is 18.2 Å². The van der Waals surface area contributed by atoms with Gasteiger partial charge in [-0.25, -0.2) is 0 Å². The molecule has 15 heavy (non-hydrogen) atoms. The Morgan fingerprint density at radius 1 is 1.40 bits per heavy atom. The van der Waals surface area contributed by atoms with E-state index in [4.69, 9.17) is 10.8 Å². The van der Waals surface area contributed by atoms with Gasteiger partial charge in [-0.05, 0) is 5.56 Å². The first-order valence-corrected chi connectivity index (χ1v) is 4.45. The number of nitrogens with one attached hydrogen (secondary N) is 1. The van der Waals surface area contributed by atoms with Gasteiger partial charge in [0, 0.05) is 6.54 Å². The van der Waals surface area contributed by atoms with Gasteiger partial charge >= 0.3 is 0 Å². The number of nitrogens with two attached hydrogens (primary N) is 1. The highest BCUT2D eigenvalue weighted by atomic mass is 35.5. The maximum Gasteiger partial charge on any atom is 0.241 e. The van der Waals surface area contributed by atoms with E-state index in [9.17, 15) is 4.79 Å². The summed E-state index contributed by atoms with van der Waals surface area (Å²) in [6.45, 7) is 0.159. The third-order valence-corrected chi connectivity index (χ3v) is 1.85. The summed E-state index contributed by atoms with van der Waals surface area (Å²) in [4.78, 5) is 11.4. The number of aliphatic hydroxyl groups is 1. The van der Waals surface area contributed by atoms with Crippen molar-refractivity contribution in [2.75, 3.05) is 13.2 Å². The van der Waals surface area contributed by atoms with Crippen LogP contribution >= 0.6 is 12.4 Å². The number of carbonyl (C=O) groups is 1. The number of hydrogen-bond acceptors (Lipinski definition) is 3. The van der Waals surface area contributed by atoms with Gasteiger partial charge in [-0.3, -0.25) is 4.79 Å². The molecule has 84 valence electrons. The van der Waals surface area contributed by atoms with Crippen molar-refractivity contribution in [3.05, 3.63) is 35.9 Å². The molecular formula is C10H15ClN2O2. The van der Waals surface area contributed by atoms with E-state index in [-0.39, 0.29) is 31.5 Å². The van der Waals surface area contributed by atoms with Gasteiger partial charge in [0.05, 0.1) is 6.61 Å². The van der Waals surface area contributed by atoms with E-state index >= 15 is 0 Å². The minimum absolute atomic E-state index is 0. The van der Waals surface area contributed by atoms with Gasteiger partial charge in [0.25, 0.3) is 0 Å². The van der Waals surface area contributed by atoms with Crippen molar-refractivity contribution in [1.82, 2.24) is 5.32 Å². The second-order valence-corrected chi connectivity index (χ2v) is 2.90. The van der Waals surface area contributed by atoms with Crippen LogP contribution in [-0.4, -0.2) is 24.2 Å². The second kappa shape index (κ2) is 7.23. The highest BCUT2D eigenvalue weighted by Crippen LogP contribution is 2.08. The Labute approximate surface area is 94.9 Å². The summed E-state index contributed by atoms with van der Waals surface area (Å²) in [5, 5.41) is 11.0. The first kappa shape index (κ1) is 13.9. The van der Waals surface area contributed by atoms with Crippen LogP contribution < -0.4 is 11.1 Å². The molecule has 0 aliphatic heterocycles. The minimum Gasteiger partial charge on any atom is -0.395 e. The normalized spacial score (nSPS) is 11.3. The van der Waals surface area contributed by atoms with E-state index in [1.54, 1.807) is 12.1 Å². The average molecular weight is 231 g/mol. The highest BCUT2D eigenvalue weighted by molar-refractivity contribution is 5.85. The Bertz CT molecular complexity index is 293.